The summed E-state index contributed by atoms with van der Waals surface area (Å²) in [6.45, 7) is -1.85. The van der Waals surface area contributed by atoms with Crippen molar-refractivity contribution in [2.75, 3.05) is 11.9 Å². The van der Waals surface area contributed by atoms with Crippen LogP contribution in [0.5, 0.6) is 5.88 Å². The van der Waals surface area contributed by atoms with Gasteiger partial charge in [-0.2, -0.15) is 22.0 Å². The van der Waals surface area contributed by atoms with E-state index in [2.05, 4.69) is 20.4 Å². The molecule has 0 bridgehead atoms. The maximum atomic E-state index is 14.5. The summed E-state index contributed by atoms with van der Waals surface area (Å²) in [7, 11) is 0. The van der Waals surface area contributed by atoms with Gasteiger partial charge in [-0.1, -0.05) is 11.6 Å². The molecule has 3 N–H and O–H groups in total. The van der Waals surface area contributed by atoms with E-state index in [4.69, 9.17) is 26.8 Å². The SMILES string of the molecule is CC1(c2nc(NC(=O)Oc3nn(C(F)F)cc3Cl)ccc2F)COC(C)(C(F)(F)F)C(N)=N1. The van der Waals surface area contributed by atoms with Crippen LogP contribution < -0.4 is 15.8 Å². The van der Waals surface area contributed by atoms with Gasteiger partial charge in [-0.3, -0.25) is 10.3 Å². The molecular weight excluding hydrogens is 486 g/mol. The van der Waals surface area contributed by atoms with E-state index in [0.29, 0.717) is 6.92 Å². The van der Waals surface area contributed by atoms with Crippen molar-refractivity contribution in [3.8, 4) is 5.88 Å². The number of nitrogens with two attached hydrogens (primary N) is 1. The van der Waals surface area contributed by atoms with Gasteiger partial charge >= 0.3 is 18.8 Å². The van der Waals surface area contributed by atoms with Crippen molar-refractivity contribution < 1.29 is 40.6 Å². The normalized spacial score (nSPS) is 23.4. The first-order valence-corrected chi connectivity index (χ1v) is 9.29. The summed E-state index contributed by atoms with van der Waals surface area (Å²) in [5.41, 5.74) is 0.380. The molecule has 1 amide bonds. The number of anilines is 1. The molecule has 2 aromatic heterocycles. The summed E-state index contributed by atoms with van der Waals surface area (Å²) in [4.78, 5) is 19.7. The Morgan fingerprint density at radius 1 is 1.36 bits per heavy atom. The molecular formula is C17H15ClF6N6O3. The van der Waals surface area contributed by atoms with Crippen LogP contribution in [0, 0.1) is 5.82 Å². The van der Waals surface area contributed by atoms with Gasteiger partial charge in [0.25, 0.3) is 5.88 Å². The van der Waals surface area contributed by atoms with E-state index in [0.717, 1.165) is 18.3 Å². The molecule has 0 fully saturated rings. The van der Waals surface area contributed by atoms with E-state index in [1.165, 1.54) is 6.92 Å². The smallest absolute Gasteiger partial charge is 0.388 e. The van der Waals surface area contributed by atoms with Crippen LogP contribution in [0.2, 0.25) is 5.02 Å². The molecule has 2 atom stereocenters. The fraction of sp³-hybridized carbons (Fsp3) is 0.412. The van der Waals surface area contributed by atoms with Crippen LogP contribution in [0.3, 0.4) is 0 Å². The number of amides is 1. The number of aliphatic imine (C=N–C) groups is 1. The highest BCUT2D eigenvalue weighted by Crippen LogP contribution is 2.41. The van der Waals surface area contributed by atoms with Crippen molar-refractivity contribution in [1.82, 2.24) is 14.8 Å². The van der Waals surface area contributed by atoms with Crippen LogP contribution >= 0.6 is 11.6 Å². The summed E-state index contributed by atoms with van der Waals surface area (Å²) in [5, 5.41) is 4.99. The summed E-state index contributed by atoms with van der Waals surface area (Å²) in [6, 6.07) is 1.88. The summed E-state index contributed by atoms with van der Waals surface area (Å²) < 4.78 is 89.4. The minimum absolute atomic E-state index is 0.153. The number of rotatable bonds is 4. The van der Waals surface area contributed by atoms with Crippen LogP contribution in [0.25, 0.3) is 0 Å². The molecule has 1 aliphatic heterocycles. The monoisotopic (exact) mass is 500 g/mol. The number of aromatic nitrogens is 3. The minimum atomic E-state index is -4.88. The zero-order chi connectivity index (χ0) is 24.8. The number of carbonyl (C=O) groups excluding carboxylic acids is 1. The molecule has 1 aliphatic rings. The van der Waals surface area contributed by atoms with E-state index in [9.17, 15) is 31.1 Å². The highest BCUT2D eigenvalue weighted by molar-refractivity contribution is 6.31. The first-order chi connectivity index (χ1) is 15.2. The number of halogens is 7. The Bertz CT molecular complexity index is 1110. The van der Waals surface area contributed by atoms with Gasteiger partial charge in [-0.05, 0) is 26.0 Å². The number of pyridine rings is 1. The topological polar surface area (TPSA) is 117 Å². The quantitative estimate of drug-likeness (QED) is 0.613. The van der Waals surface area contributed by atoms with Crippen LogP contribution in [-0.4, -0.2) is 45.1 Å². The highest BCUT2D eigenvalue weighted by atomic mass is 35.5. The van der Waals surface area contributed by atoms with Gasteiger partial charge in [0, 0.05) is 0 Å². The Kier molecular flexibility index (Phi) is 6.23. The van der Waals surface area contributed by atoms with Crippen LogP contribution in [-0.2, 0) is 10.3 Å². The van der Waals surface area contributed by atoms with Gasteiger partial charge < -0.3 is 15.2 Å². The van der Waals surface area contributed by atoms with Crippen molar-refractivity contribution in [3.63, 3.8) is 0 Å². The molecule has 0 spiro atoms. The van der Waals surface area contributed by atoms with Gasteiger partial charge in [-0.15, -0.1) is 5.10 Å². The molecule has 0 saturated carbocycles. The maximum absolute atomic E-state index is 14.5. The average Bonchev–Trinajstić information content (AvgIpc) is 3.06. The van der Waals surface area contributed by atoms with E-state index >= 15 is 0 Å². The predicted molar refractivity (Wildman–Crippen MR) is 102 cm³/mol. The van der Waals surface area contributed by atoms with Gasteiger partial charge in [0.2, 0.25) is 5.60 Å². The number of ether oxygens (including phenoxy) is 2. The largest absolute Gasteiger partial charge is 0.424 e. The molecule has 33 heavy (non-hydrogen) atoms. The Hall–Kier alpha value is -3.07. The van der Waals surface area contributed by atoms with Gasteiger partial charge in [0.1, 0.15) is 33.7 Å². The standard InChI is InChI=1S/C17H15ClF6N6O3/c1-15(6-32-16(2,12(25)28-15)17(22,23)24)10-8(19)3-4-9(26-10)27-14(31)33-11-7(18)5-30(29-11)13(20)21/h3-5,13H,6H2,1-2H3,(H2,25,28)(H,26,27,31). The predicted octanol–water partition coefficient (Wildman–Crippen LogP) is 4.00. The molecule has 2 unspecified atom stereocenters. The van der Waals surface area contributed by atoms with Crippen molar-refractivity contribution in [2.24, 2.45) is 10.7 Å². The van der Waals surface area contributed by atoms with E-state index < -0.39 is 59.8 Å². The van der Waals surface area contributed by atoms with E-state index in [1.54, 1.807) is 0 Å². The number of hydrogen-bond acceptors (Lipinski definition) is 7. The van der Waals surface area contributed by atoms with Crippen molar-refractivity contribution in [2.45, 2.75) is 37.7 Å². The maximum Gasteiger partial charge on any atom is 0.424 e. The lowest BCUT2D eigenvalue weighted by molar-refractivity contribution is -0.249. The fourth-order valence-electron chi connectivity index (χ4n) is 2.74. The van der Waals surface area contributed by atoms with E-state index in [1.807, 2.05) is 0 Å². The fourth-order valence-corrected chi connectivity index (χ4v) is 2.92. The third-order valence-corrected chi connectivity index (χ3v) is 4.93. The number of hydrogen-bond donors (Lipinski definition) is 2. The van der Waals surface area contributed by atoms with Crippen molar-refractivity contribution >= 4 is 29.3 Å². The van der Waals surface area contributed by atoms with Crippen LogP contribution in [0.1, 0.15) is 26.1 Å². The molecule has 0 aliphatic carbocycles. The lowest BCUT2D eigenvalue weighted by atomic mass is 9.93. The second-order valence-electron chi connectivity index (χ2n) is 7.17. The number of alkyl halides is 5. The number of carbonyl (C=O) groups is 1. The van der Waals surface area contributed by atoms with Crippen molar-refractivity contribution in [1.29, 1.82) is 0 Å². The second-order valence-corrected chi connectivity index (χ2v) is 7.58. The molecule has 9 nitrogen and oxygen atoms in total. The zero-order valence-corrected chi connectivity index (χ0v) is 17.5. The summed E-state index contributed by atoms with van der Waals surface area (Å²) >= 11 is 5.66. The van der Waals surface area contributed by atoms with Gasteiger partial charge in [0.15, 0.2) is 0 Å². The molecule has 0 saturated heterocycles. The number of amidine groups is 1. The average molecular weight is 501 g/mol. The number of nitrogens with one attached hydrogen (secondary N) is 1. The molecule has 0 aromatic carbocycles. The molecule has 3 rings (SSSR count). The lowest BCUT2D eigenvalue weighted by Gasteiger charge is -2.40. The molecule has 2 aromatic rings. The minimum Gasteiger partial charge on any atom is -0.388 e. The highest BCUT2D eigenvalue weighted by Gasteiger charge is 2.59. The van der Waals surface area contributed by atoms with Gasteiger partial charge in [-0.25, -0.2) is 18.9 Å². The first-order valence-electron chi connectivity index (χ1n) is 8.91. The summed E-state index contributed by atoms with van der Waals surface area (Å²) in [5.74, 6) is -2.84. The van der Waals surface area contributed by atoms with Crippen LogP contribution in [0.15, 0.2) is 23.3 Å². The molecule has 16 heteroatoms. The Morgan fingerprint density at radius 2 is 2.03 bits per heavy atom. The second kappa shape index (κ2) is 8.37. The van der Waals surface area contributed by atoms with Crippen LogP contribution in [0.4, 0.5) is 37.0 Å². The Balaban J connectivity index is 1.83. The number of nitrogens with zero attached hydrogens (tertiary/aromatic N) is 4. The third-order valence-electron chi connectivity index (χ3n) is 4.67. The van der Waals surface area contributed by atoms with Gasteiger partial charge in [0.05, 0.1) is 12.8 Å². The van der Waals surface area contributed by atoms with Crippen molar-refractivity contribution in [3.05, 3.63) is 34.9 Å². The summed E-state index contributed by atoms with van der Waals surface area (Å²) in [6.07, 6.45) is -5.41. The zero-order valence-electron chi connectivity index (χ0n) is 16.8. The molecule has 180 valence electrons. The Labute approximate surface area is 186 Å². The molecule has 0 radical (unpaired) electrons. The third kappa shape index (κ3) is 4.68. The Morgan fingerprint density at radius 3 is 2.58 bits per heavy atom. The van der Waals surface area contributed by atoms with E-state index in [-0.39, 0.29) is 15.5 Å². The first kappa shape index (κ1) is 24.6. The lowest BCUT2D eigenvalue weighted by Crippen LogP contribution is -2.60. The molecule has 3 heterocycles.